The first kappa shape index (κ1) is 19.2. The second-order valence-electron chi connectivity index (χ2n) is 7.71. The molecular weight excluding hydrogens is 368 g/mol. The van der Waals surface area contributed by atoms with Crippen LogP contribution in [0.4, 0.5) is 17.3 Å². The highest BCUT2D eigenvalue weighted by Crippen LogP contribution is 2.43. The molecule has 1 aliphatic rings. The second kappa shape index (κ2) is 7.04. The van der Waals surface area contributed by atoms with Crippen molar-refractivity contribution in [2.24, 2.45) is 0 Å². The van der Waals surface area contributed by atoms with Crippen LogP contribution in [0.3, 0.4) is 0 Å². The van der Waals surface area contributed by atoms with Crippen LogP contribution in [0.5, 0.6) is 0 Å². The van der Waals surface area contributed by atoms with Crippen LogP contribution >= 0.6 is 0 Å². The van der Waals surface area contributed by atoms with Crippen LogP contribution in [0.1, 0.15) is 42.4 Å². The van der Waals surface area contributed by atoms with Gasteiger partial charge in [-0.1, -0.05) is 6.92 Å². The molecule has 9 heteroatoms. The Labute approximate surface area is 169 Å². The maximum atomic E-state index is 9.65. The van der Waals surface area contributed by atoms with Gasteiger partial charge in [-0.2, -0.15) is 10.2 Å². The lowest BCUT2D eigenvalue weighted by Gasteiger charge is -2.14. The molecule has 0 bridgehead atoms. The number of aliphatic hydroxyl groups excluding tert-OH is 1. The van der Waals surface area contributed by atoms with Crippen molar-refractivity contribution in [3.05, 3.63) is 40.1 Å². The molecule has 0 aliphatic heterocycles. The number of nitrogens with one attached hydrogen (secondary N) is 1. The molecule has 0 spiro atoms. The summed E-state index contributed by atoms with van der Waals surface area (Å²) in [5, 5.41) is 22.0. The standard InChI is InChI=1S/C20H26N8O/c1-5-15-13(3)25-27-17(21)16(22-4)18(24-19(15)27)23-9-6-14-10-12(2)28(26-14)20(11-29)7-8-20/h10,29H,5-9,11,21H2,1-3H3,(H,23,24). The predicted molar refractivity (Wildman–Crippen MR) is 111 cm³/mol. The predicted octanol–water partition coefficient (Wildman–Crippen LogP) is 2.37. The maximum Gasteiger partial charge on any atom is 0.268 e. The van der Waals surface area contributed by atoms with E-state index in [1.807, 2.05) is 24.6 Å². The van der Waals surface area contributed by atoms with Gasteiger partial charge in [-0.25, -0.2) is 14.3 Å². The fourth-order valence-corrected chi connectivity index (χ4v) is 3.89. The molecule has 4 rings (SSSR count). The van der Waals surface area contributed by atoms with Crippen LogP contribution in [0.15, 0.2) is 6.07 Å². The van der Waals surface area contributed by atoms with E-state index in [4.69, 9.17) is 12.3 Å². The van der Waals surface area contributed by atoms with Crippen molar-refractivity contribution >= 4 is 23.0 Å². The molecule has 3 aromatic heterocycles. The van der Waals surface area contributed by atoms with Crippen LogP contribution in [-0.4, -0.2) is 42.6 Å². The van der Waals surface area contributed by atoms with Gasteiger partial charge in [0.2, 0.25) is 0 Å². The Hall–Kier alpha value is -3.12. The number of nitrogens with two attached hydrogens (primary N) is 1. The molecule has 4 N–H and O–H groups in total. The number of nitrogens with zero attached hydrogens (tertiary/aromatic N) is 6. The summed E-state index contributed by atoms with van der Waals surface area (Å²) in [6.07, 6.45) is 3.40. The van der Waals surface area contributed by atoms with Crippen molar-refractivity contribution < 1.29 is 5.11 Å². The molecule has 9 nitrogen and oxygen atoms in total. The van der Waals surface area contributed by atoms with Gasteiger partial charge in [0.1, 0.15) is 11.6 Å². The first-order valence-electron chi connectivity index (χ1n) is 9.90. The molecule has 1 saturated carbocycles. The van der Waals surface area contributed by atoms with Crippen molar-refractivity contribution in [3.63, 3.8) is 0 Å². The lowest BCUT2D eigenvalue weighted by molar-refractivity contribution is 0.200. The van der Waals surface area contributed by atoms with E-state index in [0.717, 1.165) is 41.9 Å². The smallest absolute Gasteiger partial charge is 0.268 e. The number of rotatable bonds is 7. The van der Waals surface area contributed by atoms with E-state index in [2.05, 4.69) is 32.3 Å². The zero-order valence-electron chi connectivity index (χ0n) is 17.0. The highest BCUT2D eigenvalue weighted by molar-refractivity contribution is 5.80. The summed E-state index contributed by atoms with van der Waals surface area (Å²) in [7, 11) is 0. The van der Waals surface area contributed by atoms with Gasteiger partial charge in [0.25, 0.3) is 5.69 Å². The molecule has 1 aliphatic carbocycles. The summed E-state index contributed by atoms with van der Waals surface area (Å²) < 4.78 is 3.51. The van der Waals surface area contributed by atoms with Crippen molar-refractivity contribution in [1.82, 2.24) is 24.4 Å². The number of anilines is 2. The third kappa shape index (κ3) is 3.09. The molecule has 1 fully saturated rings. The molecule has 0 saturated heterocycles. The molecule has 29 heavy (non-hydrogen) atoms. The van der Waals surface area contributed by atoms with Gasteiger partial charge in [0.05, 0.1) is 30.1 Å². The molecule has 0 amide bonds. The van der Waals surface area contributed by atoms with E-state index in [1.54, 1.807) is 4.52 Å². The topological polar surface area (TPSA) is 111 Å². The van der Waals surface area contributed by atoms with E-state index >= 15 is 0 Å². The molecule has 0 unspecified atom stereocenters. The fraction of sp³-hybridized carbons (Fsp3) is 0.500. The van der Waals surface area contributed by atoms with E-state index in [9.17, 15) is 5.11 Å². The Bertz CT molecular complexity index is 1120. The maximum absolute atomic E-state index is 9.65. The lowest BCUT2D eigenvalue weighted by atomic mass is 10.2. The summed E-state index contributed by atoms with van der Waals surface area (Å²) in [5.41, 5.74) is 10.9. The van der Waals surface area contributed by atoms with Gasteiger partial charge in [0, 0.05) is 24.2 Å². The number of hydrogen-bond acceptors (Lipinski definition) is 6. The van der Waals surface area contributed by atoms with Crippen LogP contribution in [-0.2, 0) is 18.4 Å². The minimum Gasteiger partial charge on any atom is -0.394 e. The molecule has 0 aromatic carbocycles. The molecule has 0 atom stereocenters. The van der Waals surface area contributed by atoms with Crippen molar-refractivity contribution in [2.45, 2.75) is 52.0 Å². The molecule has 3 aromatic rings. The van der Waals surface area contributed by atoms with Crippen molar-refractivity contribution in [3.8, 4) is 0 Å². The molecule has 152 valence electrons. The Morgan fingerprint density at radius 2 is 2.10 bits per heavy atom. The van der Waals surface area contributed by atoms with Crippen LogP contribution in [0, 0.1) is 20.4 Å². The minimum absolute atomic E-state index is 0.120. The van der Waals surface area contributed by atoms with Gasteiger partial charge < -0.3 is 16.2 Å². The minimum atomic E-state index is -0.204. The average Bonchev–Trinajstić information content (AvgIpc) is 3.31. The number of aliphatic hydroxyl groups is 1. The normalized spacial score (nSPS) is 14.9. The van der Waals surface area contributed by atoms with Crippen LogP contribution in [0.2, 0.25) is 0 Å². The highest BCUT2D eigenvalue weighted by Gasteiger charge is 2.45. The Morgan fingerprint density at radius 1 is 1.34 bits per heavy atom. The van der Waals surface area contributed by atoms with E-state index in [1.165, 1.54) is 0 Å². The summed E-state index contributed by atoms with van der Waals surface area (Å²) >= 11 is 0. The summed E-state index contributed by atoms with van der Waals surface area (Å²) in [4.78, 5) is 8.22. The SMILES string of the molecule is [C-]#[N+]c1c(NCCc2cc(C)n(C3(CO)CC3)n2)nc2c(CC)c(C)nn2c1N. The van der Waals surface area contributed by atoms with Crippen LogP contribution < -0.4 is 11.1 Å². The largest absolute Gasteiger partial charge is 0.394 e. The van der Waals surface area contributed by atoms with Gasteiger partial charge in [0.15, 0.2) is 5.65 Å². The number of aromatic nitrogens is 5. The number of fused-ring (bicyclic) bond motifs is 1. The second-order valence-corrected chi connectivity index (χ2v) is 7.71. The van der Waals surface area contributed by atoms with E-state index in [-0.39, 0.29) is 17.8 Å². The number of nitrogen functional groups attached to an aromatic ring is 1. The lowest BCUT2D eigenvalue weighted by Crippen LogP contribution is -2.24. The van der Waals surface area contributed by atoms with Gasteiger partial charge in [-0.15, -0.1) is 0 Å². The highest BCUT2D eigenvalue weighted by atomic mass is 16.3. The first-order valence-corrected chi connectivity index (χ1v) is 9.90. The van der Waals surface area contributed by atoms with Gasteiger partial charge in [-0.05, 0) is 39.2 Å². The average molecular weight is 394 g/mol. The van der Waals surface area contributed by atoms with Gasteiger partial charge in [-0.3, -0.25) is 4.68 Å². The summed E-state index contributed by atoms with van der Waals surface area (Å²) in [6, 6.07) is 2.05. The molecule has 3 heterocycles. The van der Waals surface area contributed by atoms with E-state index < -0.39 is 0 Å². The third-order valence-electron chi connectivity index (χ3n) is 5.72. The zero-order valence-corrected chi connectivity index (χ0v) is 17.0. The molecular formula is C20H26N8O. The quantitative estimate of drug-likeness (QED) is 0.531. The first-order chi connectivity index (χ1) is 13.9. The summed E-state index contributed by atoms with van der Waals surface area (Å²) in [6.45, 7) is 14.2. The Balaban J connectivity index is 1.56. The van der Waals surface area contributed by atoms with Gasteiger partial charge >= 0.3 is 0 Å². The third-order valence-corrected chi connectivity index (χ3v) is 5.72. The Morgan fingerprint density at radius 3 is 2.72 bits per heavy atom. The monoisotopic (exact) mass is 394 g/mol. The number of hydrogen-bond donors (Lipinski definition) is 3. The summed E-state index contributed by atoms with van der Waals surface area (Å²) in [5.74, 6) is 0.777. The van der Waals surface area contributed by atoms with Crippen molar-refractivity contribution in [1.29, 1.82) is 0 Å². The zero-order chi connectivity index (χ0) is 20.8. The molecule has 0 radical (unpaired) electrons. The van der Waals surface area contributed by atoms with E-state index in [0.29, 0.717) is 30.2 Å². The van der Waals surface area contributed by atoms with Crippen LogP contribution in [0.25, 0.3) is 10.5 Å². The van der Waals surface area contributed by atoms with Crippen molar-refractivity contribution in [2.75, 3.05) is 24.2 Å². The number of aryl methyl sites for hydroxylation is 3. The fourth-order valence-electron chi connectivity index (χ4n) is 3.89. The Kier molecular flexibility index (Phi) is 4.67.